The molecule has 6 nitrogen and oxygen atoms in total. The van der Waals surface area contributed by atoms with Crippen molar-refractivity contribution in [3.8, 4) is 0 Å². The predicted octanol–water partition coefficient (Wildman–Crippen LogP) is 1.55. The van der Waals surface area contributed by atoms with Gasteiger partial charge in [0.2, 0.25) is 0 Å². The van der Waals surface area contributed by atoms with Gasteiger partial charge in [-0.3, -0.25) is 9.69 Å². The molecule has 0 aromatic heterocycles. The molecule has 0 spiro atoms. The minimum atomic E-state index is -0.424. The number of alkyl carbamates (subject to hydrolysis) is 1. The average molecular weight is 306 g/mol. The Morgan fingerprint density at radius 1 is 1.27 bits per heavy atom. The van der Waals surface area contributed by atoms with Gasteiger partial charge in [0.15, 0.2) is 0 Å². The first-order valence-corrected chi connectivity index (χ1v) is 7.52. The molecule has 1 aliphatic rings. The molecular formula is C16H22N2O4. The van der Waals surface area contributed by atoms with Gasteiger partial charge in [-0.15, -0.1) is 0 Å². The molecule has 1 amide bonds. The third-order valence-electron chi connectivity index (χ3n) is 3.47. The van der Waals surface area contributed by atoms with Crippen molar-refractivity contribution < 1.29 is 19.1 Å². The Hall–Kier alpha value is -2.08. The highest BCUT2D eigenvalue weighted by molar-refractivity contribution is 5.71. The molecule has 0 radical (unpaired) electrons. The summed E-state index contributed by atoms with van der Waals surface area (Å²) in [5, 5.41) is 2.83. The summed E-state index contributed by atoms with van der Waals surface area (Å²) in [6.07, 6.45) is 0.381. The second-order valence-corrected chi connectivity index (χ2v) is 5.23. The fourth-order valence-electron chi connectivity index (χ4n) is 2.41. The van der Waals surface area contributed by atoms with Crippen molar-refractivity contribution >= 4 is 12.1 Å². The molecule has 0 bridgehead atoms. The molecule has 1 N–H and O–H groups in total. The molecule has 0 aliphatic carbocycles. The normalized spacial score (nSPS) is 18.0. The first-order chi connectivity index (χ1) is 10.7. The molecule has 22 heavy (non-hydrogen) atoms. The van der Waals surface area contributed by atoms with E-state index in [4.69, 9.17) is 9.47 Å². The molecule has 1 heterocycles. The fraction of sp³-hybridized carbons (Fsp3) is 0.500. The summed E-state index contributed by atoms with van der Waals surface area (Å²) >= 11 is 0. The summed E-state index contributed by atoms with van der Waals surface area (Å²) in [4.78, 5) is 25.1. The third-order valence-corrected chi connectivity index (χ3v) is 3.47. The van der Waals surface area contributed by atoms with Gasteiger partial charge >= 0.3 is 12.1 Å². The van der Waals surface area contributed by atoms with E-state index in [0.717, 1.165) is 18.5 Å². The number of hydrogen-bond acceptors (Lipinski definition) is 5. The summed E-state index contributed by atoms with van der Waals surface area (Å²) in [5.41, 5.74) is 0.952. The number of nitrogens with zero attached hydrogens (tertiary/aromatic N) is 1. The van der Waals surface area contributed by atoms with Crippen LogP contribution in [-0.2, 0) is 20.9 Å². The van der Waals surface area contributed by atoms with Crippen LogP contribution in [0.5, 0.6) is 0 Å². The number of amides is 1. The van der Waals surface area contributed by atoms with Crippen molar-refractivity contribution in [1.29, 1.82) is 0 Å². The lowest BCUT2D eigenvalue weighted by molar-refractivity contribution is -0.144. The first-order valence-electron chi connectivity index (χ1n) is 7.52. The van der Waals surface area contributed by atoms with E-state index in [-0.39, 0.29) is 25.2 Å². The van der Waals surface area contributed by atoms with Gasteiger partial charge in [-0.05, 0) is 18.9 Å². The smallest absolute Gasteiger partial charge is 0.407 e. The maximum atomic E-state index is 11.8. The topological polar surface area (TPSA) is 67.9 Å². The van der Waals surface area contributed by atoms with Gasteiger partial charge in [0.05, 0.1) is 13.2 Å². The molecule has 1 aliphatic heterocycles. The highest BCUT2D eigenvalue weighted by atomic mass is 16.5. The lowest BCUT2D eigenvalue weighted by Crippen LogP contribution is -2.38. The Labute approximate surface area is 130 Å². The van der Waals surface area contributed by atoms with Crippen LogP contribution in [-0.4, -0.2) is 49.2 Å². The van der Waals surface area contributed by atoms with Crippen molar-refractivity contribution in [2.75, 3.05) is 26.2 Å². The number of benzene rings is 1. The quantitative estimate of drug-likeness (QED) is 0.808. The number of carbonyl (C=O) groups excluding carboxylic acids is 2. The average Bonchev–Trinajstić information content (AvgIpc) is 2.93. The number of rotatable bonds is 6. The highest BCUT2D eigenvalue weighted by Gasteiger charge is 2.25. The molecule has 1 aromatic rings. The summed E-state index contributed by atoms with van der Waals surface area (Å²) in [5.74, 6) is -0.227. The van der Waals surface area contributed by atoms with E-state index in [9.17, 15) is 9.59 Å². The van der Waals surface area contributed by atoms with Crippen LogP contribution in [0.25, 0.3) is 0 Å². The van der Waals surface area contributed by atoms with Gasteiger partial charge in [-0.1, -0.05) is 30.3 Å². The SMILES string of the molecule is CCOC(=O)CN1CC[C@H](NC(=O)OCc2ccccc2)C1. The highest BCUT2D eigenvalue weighted by Crippen LogP contribution is 2.09. The number of hydrogen-bond donors (Lipinski definition) is 1. The van der Waals surface area contributed by atoms with Crippen LogP contribution >= 0.6 is 0 Å². The van der Waals surface area contributed by atoms with Crippen LogP contribution in [0, 0.1) is 0 Å². The molecule has 6 heteroatoms. The number of ether oxygens (including phenoxy) is 2. The van der Waals surface area contributed by atoms with Crippen LogP contribution in [0.1, 0.15) is 18.9 Å². The van der Waals surface area contributed by atoms with Crippen LogP contribution < -0.4 is 5.32 Å². The molecule has 1 atom stereocenters. The van der Waals surface area contributed by atoms with E-state index in [2.05, 4.69) is 5.32 Å². The Kier molecular flexibility index (Phi) is 6.21. The van der Waals surface area contributed by atoms with Gasteiger partial charge in [-0.2, -0.15) is 0 Å². The molecule has 1 fully saturated rings. The van der Waals surface area contributed by atoms with E-state index in [1.807, 2.05) is 35.2 Å². The molecule has 2 rings (SSSR count). The lowest BCUT2D eigenvalue weighted by Gasteiger charge is -2.15. The third kappa shape index (κ3) is 5.37. The summed E-state index contributed by atoms with van der Waals surface area (Å²) in [7, 11) is 0. The summed E-state index contributed by atoms with van der Waals surface area (Å²) in [6.45, 7) is 4.11. The standard InChI is InChI=1S/C16H22N2O4/c1-2-21-15(19)11-18-9-8-14(10-18)17-16(20)22-12-13-6-4-3-5-7-13/h3-7,14H,2,8-12H2,1H3,(H,17,20)/t14-/m0/s1. The van der Waals surface area contributed by atoms with Crippen LogP contribution in [0.3, 0.4) is 0 Å². The maximum absolute atomic E-state index is 11.8. The first kappa shape index (κ1) is 16.3. The Bertz CT molecular complexity index is 492. The lowest BCUT2D eigenvalue weighted by atomic mass is 10.2. The monoisotopic (exact) mass is 306 g/mol. The van der Waals surface area contributed by atoms with E-state index >= 15 is 0 Å². The molecule has 0 saturated carbocycles. The second kappa shape index (κ2) is 8.38. The van der Waals surface area contributed by atoms with Crippen molar-refractivity contribution in [3.05, 3.63) is 35.9 Å². The van der Waals surface area contributed by atoms with Gasteiger partial charge < -0.3 is 14.8 Å². The van der Waals surface area contributed by atoms with Crippen molar-refractivity contribution in [2.24, 2.45) is 0 Å². The van der Waals surface area contributed by atoms with Crippen LogP contribution in [0.15, 0.2) is 30.3 Å². The summed E-state index contributed by atoms with van der Waals surface area (Å²) in [6, 6.07) is 9.55. The zero-order chi connectivity index (χ0) is 15.8. The molecular weight excluding hydrogens is 284 g/mol. The maximum Gasteiger partial charge on any atom is 0.407 e. The van der Waals surface area contributed by atoms with E-state index in [0.29, 0.717) is 13.2 Å². The van der Waals surface area contributed by atoms with Gasteiger partial charge in [0, 0.05) is 19.1 Å². The minimum absolute atomic E-state index is 0.0118. The van der Waals surface area contributed by atoms with E-state index < -0.39 is 6.09 Å². The summed E-state index contributed by atoms with van der Waals surface area (Å²) < 4.78 is 10.1. The van der Waals surface area contributed by atoms with Crippen LogP contribution in [0.2, 0.25) is 0 Å². The Morgan fingerprint density at radius 3 is 2.77 bits per heavy atom. The molecule has 0 unspecified atom stereocenters. The number of esters is 1. The van der Waals surface area contributed by atoms with Crippen molar-refractivity contribution in [3.63, 3.8) is 0 Å². The minimum Gasteiger partial charge on any atom is -0.465 e. The zero-order valence-electron chi connectivity index (χ0n) is 12.8. The Morgan fingerprint density at radius 2 is 2.05 bits per heavy atom. The van der Waals surface area contributed by atoms with Gasteiger partial charge in [0.1, 0.15) is 6.61 Å². The van der Waals surface area contributed by atoms with Gasteiger partial charge in [0.25, 0.3) is 0 Å². The van der Waals surface area contributed by atoms with Gasteiger partial charge in [-0.25, -0.2) is 4.79 Å². The van der Waals surface area contributed by atoms with Crippen LogP contribution in [0.4, 0.5) is 4.79 Å². The van der Waals surface area contributed by atoms with Crippen molar-refractivity contribution in [1.82, 2.24) is 10.2 Å². The number of carbonyl (C=O) groups is 2. The molecule has 1 saturated heterocycles. The molecule has 120 valence electrons. The second-order valence-electron chi connectivity index (χ2n) is 5.23. The van der Waals surface area contributed by atoms with Crippen molar-refractivity contribution in [2.45, 2.75) is 26.0 Å². The Balaban J connectivity index is 1.66. The zero-order valence-corrected chi connectivity index (χ0v) is 12.8. The van der Waals surface area contributed by atoms with E-state index in [1.165, 1.54) is 0 Å². The predicted molar refractivity (Wildman–Crippen MR) is 81.2 cm³/mol. The number of nitrogens with one attached hydrogen (secondary N) is 1. The largest absolute Gasteiger partial charge is 0.465 e. The van der Waals surface area contributed by atoms with E-state index in [1.54, 1.807) is 6.92 Å². The number of likely N-dealkylation sites (tertiary alicyclic amines) is 1. The fourth-order valence-corrected chi connectivity index (χ4v) is 2.41. The molecule has 1 aromatic carbocycles.